The van der Waals surface area contributed by atoms with Gasteiger partial charge in [0, 0.05) is 23.5 Å². The van der Waals surface area contributed by atoms with Crippen LogP contribution in [0.1, 0.15) is 25.7 Å². The highest BCUT2D eigenvalue weighted by atomic mass is 16.1. The summed E-state index contributed by atoms with van der Waals surface area (Å²) in [7, 11) is 6.58. The molecule has 0 atom stereocenters. The van der Waals surface area contributed by atoms with Crippen molar-refractivity contribution in [2.75, 3.05) is 38.3 Å². The number of aliphatic imine (C=N–C) groups is 2. The number of allylic oxidation sites excluding steroid dienone is 4. The van der Waals surface area contributed by atoms with Crippen molar-refractivity contribution >= 4 is 45.8 Å². The van der Waals surface area contributed by atoms with E-state index in [-0.39, 0.29) is 5.91 Å². The Morgan fingerprint density at radius 2 is 1.15 bits per heavy atom. The van der Waals surface area contributed by atoms with Crippen LogP contribution in [0.2, 0.25) is 0 Å². The minimum absolute atomic E-state index is 0.0615. The van der Waals surface area contributed by atoms with Crippen LogP contribution >= 0.6 is 0 Å². The summed E-state index contributed by atoms with van der Waals surface area (Å²) >= 11 is 0. The molecule has 3 aromatic carbocycles. The number of nitrogens with one attached hydrogen (secondary N) is 2. The molecule has 200 valence electrons. The predicted octanol–water partition coefficient (Wildman–Crippen LogP) is 7.61. The van der Waals surface area contributed by atoms with Crippen molar-refractivity contribution < 1.29 is 9.28 Å². The second-order valence-corrected chi connectivity index (χ2v) is 10.7. The van der Waals surface area contributed by atoms with Crippen LogP contribution in [-0.2, 0) is 4.79 Å². The van der Waals surface area contributed by atoms with Crippen molar-refractivity contribution in [2.24, 2.45) is 9.98 Å². The van der Waals surface area contributed by atoms with Crippen LogP contribution in [0.3, 0.4) is 0 Å². The average Bonchev–Trinajstić information content (AvgIpc) is 2.92. The number of anilines is 3. The highest BCUT2D eigenvalue weighted by Gasteiger charge is 2.07. The number of amides is 1. The third kappa shape index (κ3) is 9.83. The first kappa shape index (κ1) is 27.7. The van der Waals surface area contributed by atoms with Gasteiger partial charge in [0.15, 0.2) is 0 Å². The van der Waals surface area contributed by atoms with Gasteiger partial charge in [0.05, 0.1) is 50.5 Å². The summed E-state index contributed by atoms with van der Waals surface area (Å²) in [5, 5.41) is 6.36. The van der Waals surface area contributed by atoms with Gasteiger partial charge in [-0.15, -0.1) is 0 Å². The maximum atomic E-state index is 12.3. The maximum absolute atomic E-state index is 12.3. The van der Waals surface area contributed by atoms with Crippen molar-refractivity contribution in [1.82, 2.24) is 0 Å². The number of carbonyl (C=O) groups is 1. The van der Waals surface area contributed by atoms with Crippen LogP contribution in [0.15, 0.2) is 113 Å². The van der Waals surface area contributed by atoms with Gasteiger partial charge in [0.25, 0.3) is 0 Å². The summed E-state index contributed by atoms with van der Waals surface area (Å²) in [6.45, 7) is 1.13. The molecule has 0 saturated carbocycles. The Hall–Kier alpha value is -4.29. The first-order valence-corrected chi connectivity index (χ1v) is 13.5. The smallest absolute Gasteiger partial charge is 0.224 e. The third-order valence-corrected chi connectivity index (χ3v) is 6.18. The van der Waals surface area contributed by atoms with E-state index in [1.54, 1.807) is 0 Å². The van der Waals surface area contributed by atoms with Gasteiger partial charge in [-0.05, 0) is 104 Å². The number of quaternary nitrogens is 1. The lowest BCUT2D eigenvalue weighted by Gasteiger charge is -2.23. The molecule has 0 radical (unpaired) electrons. The Balaban J connectivity index is 1.24. The van der Waals surface area contributed by atoms with E-state index in [2.05, 4.69) is 36.8 Å². The van der Waals surface area contributed by atoms with Gasteiger partial charge in [0.2, 0.25) is 5.91 Å². The highest BCUT2D eigenvalue weighted by molar-refractivity contribution is 6.19. The number of hydrogen-bond acceptors (Lipinski definition) is 4. The molecule has 0 heterocycles. The molecule has 3 aromatic rings. The molecular formula is C33H38N5O+. The number of unbranched alkanes of at least 4 members (excludes halogenated alkanes) is 2. The van der Waals surface area contributed by atoms with Gasteiger partial charge < -0.3 is 15.1 Å². The van der Waals surface area contributed by atoms with Gasteiger partial charge in [0.1, 0.15) is 0 Å². The van der Waals surface area contributed by atoms with E-state index >= 15 is 0 Å². The summed E-state index contributed by atoms with van der Waals surface area (Å²) in [5.41, 5.74) is 6.31. The minimum Gasteiger partial charge on any atom is -0.356 e. The van der Waals surface area contributed by atoms with Crippen molar-refractivity contribution in [2.45, 2.75) is 25.7 Å². The standard InChI is InChI=1S/C33H37N5O/c1-38(2,3)25-9-5-8-12-33(39)37-32-23-21-31(22-24-32)36-30-19-17-29(18-20-30)35-28-15-13-27(14-16-28)34-26-10-6-4-7-11-26/h4,6-7,10-11,13-24H,5,8-9,12,25H2,1-3H3,(H-,34,35,36,37,39)/p+1. The van der Waals surface area contributed by atoms with E-state index in [0.717, 1.165) is 70.2 Å². The van der Waals surface area contributed by atoms with E-state index in [1.165, 1.54) is 0 Å². The van der Waals surface area contributed by atoms with Crippen molar-refractivity contribution in [3.63, 3.8) is 0 Å². The monoisotopic (exact) mass is 520 g/mol. The Morgan fingerprint density at radius 1 is 0.641 bits per heavy atom. The maximum Gasteiger partial charge on any atom is 0.224 e. The van der Waals surface area contributed by atoms with Crippen LogP contribution in [0, 0.1) is 0 Å². The van der Waals surface area contributed by atoms with Crippen LogP contribution in [0.25, 0.3) is 0 Å². The Kier molecular flexibility index (Phi) is 9.59. The number of carbonyl (C=O) groups excluding carboxylic acids is 1. The fourth-order valence-electron chi connectivity index (χ4n) is 4.10. The topological polar surface area (TPSA) is 65.8 Å². The summed E-state index contributed by atoms with van der Waals surface area (Å²) in [4.78, 5) is 21.6. The molecule has 39 heavy (non-hydrogen) atoms. The Bertz CT molecular complexity index is 1330. The molecule has 0 fully saturated rings. The van der Waals surface area contributed by atoms with Crippen LogP contribution in [0.4, 0.5) is 28.4 Å². The minimum atomic E-state index is 0.0615. The first-order chi connectivity index (χ1) is 18.8. The predicted molar refractivity (Wildman–Crippen MR) is 165 cm³/mol. The zero-order chi connectivity index (χ0) is 27.5. The van der Waals surface area contributed by atoms with Crippen molar-refractivity contribution in [1.29, 1.82) is 0 Å². The lowest BCUT2D eigenvalue weighted by molar-refractivity contribution is -0.870. The fraction of sp³-hybridized carbons (Fsp3) is 0.242. The highest BCUT2D eigenvalue weighted by Crippen LogP contribution is 2.22. The molecule has 6 heteroatoms. The van der Waals surface area contributed by atoms with Crippen molar-refractivity contribution in [3.05, 3.63) is 103 Å². The summed E-state index contributed by atoms with van der Waals surface area (Å²) in [6, 6.07) is 25.8. The normalized spacial score (nSPS) is 12.8. The van der Waals surface area contributed by atoms with E-state index in [4.69, 9.17) is 4.99 Å². The molecule has 6 nitrogen and oxygen atoms in total. The molecule has 0 saturated heterocycles. The second-order valence-electron chi connectivity index (χ2n) is 10.7. The fourth-order valence-corrected chi connectivity index (χ4v) is 4.10. The number of nitrogens with zero attached hydrogens (tertiary/aromatic N) is 3. The molecular weight excluding hydrogens is 482 g/mol. The zero-order valence-electron chi connectivity index (χ0n) is 23.1. The molecule has 0 unspecified atom stereocenters. The summed E-state index contributed by atoms with van der Waals surface area (Å²) < 4.78 is 0.964. The van der Waals surface area contributed by atoms with Crippen LogP contribution in [0.5, 0.6) is 0 Å². The molecule has 0 aliphatic heterocycles. The molecule has 0 aromatic heterocycles. The number of benzene rings is 3. The van der Waals surface area contributed by atoms with Gasteiger partial charge in [-0.25, -0.2) is 9.98 Å². The number of hydrogen-bond donors (Lipinski definition) is 2. The third-order valence-electron chi connectivity index (χ3n) is 6.18. The van der Waals surface area contributed by atoms with Crippen molar-refractivity contribution in [3.8, 4) is 0 Å². The molecule has 0 spiro atoms. The van der Waals surface area contributed by atoms with Gasteiger partial charge in [-0.3, -0.25) is 4.79 Å². The van der Waals surface area contributed by atoms with E-state index in [9.17, 15) is 4.79 Å². The lowest BCUT2D eigenvalue weighted by Crippen LogP contribution is -2.35. The summed E-state index contributed by atoms with van der Waals surface area (Å²) in [5.74, 6) is 0.0615. The molecule has 2 N–H and O–H groups in total. The Labute approximate surface area is 232 Å². The zero-order valence-corrected chi connectivity index (χ0v) is 23.1. The largest absolute Gasteiger partial charge is 0.356 e. The first-order valence-electron chi connectivity index (χ1n) is 13.5. The lowest BCUT2D eigenvalue weighted by atomic mass is 10.1. The van der Waals surface area contributed by atoms with Gasteiger partial charge in [-0.1, -0.05) is 18.2 Å². The molecule has 1 aliphatic rings. The van der Waals surface area contributed by atoms with E-state index < -0.39 is 0 Å². The van der Waals surface area contributed by atoms with Crippen LogP contribution < -0.4 is 10.6 Å². The van der Waals surface area contributed by atoms with Gasteiger partial charge in [-0.2, -0.15) is 0 Å². The number of rotatable bonds is 11. The quantitative estimate of drug-likeness (QED) is 0.155. The molecule has 1 aliphatic carbocycles. The molecule has 1 amide bonds. The number of para-hydroxylation sites is 1. The SMILES string of the molecule is C[N+](C)(C)CCCCCC(=O)Nc1ccc(N=C2C=CC(=Nc3ccc(Nc4ccccc4)cc3)C=C2)cc1. The van der Waals surface area contributed by atoms with Crippen LogP contribution in [-0.4, -0.2) is 49.5 Å². The molecule has 4 rings (SSSR count). The van der Waals surface area contributed by atoms with Gasteiger partial charge >= 0.3 is 0 Å². The van der Waals surface area contributed by atoms with E-state index in [0.29, 0.717) is 6.42 Å². The second kappa shape index (κ2) is 13.5. The molecule has 0 bridgehead atoms. The van der Waals surface area contributed by atoms with E-state index in [1.807, 2.05) is 103 Å². The average molecular weight is 521 g/mol. The Morgan fingerprint density at radius 3 is 1.69 bits per heavy atom. The summed E-state index contributed by atoms with van der Waals surface area (Å²) in [6.07, 6.45) is 11.5.